The molecule has 4 rings (SSSR count). The number of carbonyl (C=O) groups is 1. The first kappa shape index (κ1) is 26.1. The van der Waals surface area contributed by atoms with Crippen LogP contribution in [0.2, 0.25) is 0 Å². The van der Waals surface area contributed by atoms with E-state index in [-0.39, 0.29) is 18.8 Å². The summed E-state index contributed by atoms with van der Waals surface area (Å²) < 4.78 is 19.6. The minimum absolute atomic E-state index is 0.0980. The number of ether oxygens (including phenoxy) is 3. The molecule has 3 aromatic rings. The Morgan fingerprint density at radius 3 is 2.61 bits per heavy atom. The van der Waals surface area contributed by atoms with Crippen molar-refractivity contribution in [3.05, 3.63) is 95.1 Å². The first-order valence-electron chi connectivity index (χ1n) is 11.6. The van der Waals surface area contributed by atoms with Gasteiger partial charge in [-0.15, -0.1) is 0 Å². The molecule has 1 aliphatic rings. The van der Waals surface area contributed by atoms with E-state index >= 15 is 0 Å². The van der Waals surface area contributed by atoms with Gasteiger partial charge in [0.15, 0.2) is 4.80 Å². The number of halogens is 1. The lowest BCUT2D eigenvalue weighted by Gasteiger charge is -2.26. The van der Waals surface area contributed by atoms with Crippen molar-refractivity contribution >= 4 is 39.3 Å². The largest absolute Gasteiger partial charge is 0.493 e. The highest BCUT2D eigenvalue weighted by Crippen LogP contribution is 2.35. The molecule has 0 saturated heterocycles. The molecule has 1 aromatic heterocycles. The van der Waals surface area contributed by atoms with Gasteiger partial charge in [0.05, 0.1) is 29.0 Å². The van der Waals surface area contributed by atoms with Crippen LogP contribution >= 0.6 is 27.3 Å². The highest BCUT2D eigenvalue weighted by Gasteiger charge is 2.35. The highest BCUT2D eigenvalue weighted by atomic mass is 79.9. The van der Waals surface area contributed by atoms with E-state index in [9.17, 15) is 9.59 Å². The first-order valence-corrected chi connectivity index (χ1v) is 13.2. The third kappa shape index (κ3) is 5.53. The number of esters is 1. The van der Waals surface area contributed by atoms with Crippen LogP contribution in [-0.4, -0.2) is 37.5 Å². The number of carbonyl (C=O) groups excluding carboxylic acids is 1. The quantitative estimate of drug-likeness (QED) is 0.287. The van der Waals surface area contributed by atoms with E-state index in [1.54, 1.807) is 18.6 Å². The third-order valence-corrected chi connectivity index (χ3v) is 7.12. The van der Waals surface area contributed by atoms with Crippen LogP contribution in [0.25, 0.3) is 6.08 Å². The van der Waals surface area contributed by atoms with Crippen molar-refractivity contribution in [3.63, 3.8) is 0 Å². The van der Waals surface area contributed by atoms with E-state index in [1.165, 1.54) is 11.3 Å². The number of allylic oxidation sites excluding steroid dienone is 1. The number of para-hydroxylation sites is 1. The van der Waals surface area contributed by atoms with Crippen molar-refractivity contribution in [2.24, 2.45) is 4.99 Å². The van der Waals surface area contributed by atoms with Gasteiger partial charge in [0, 0.05) is 17.1 Å². The summed E-state index contributed by atoms with van der Waals surface area (Å²) in [6, 6.07) is 14.4. The monoisotopic (exact) mass is 570 g/mol. The summed E-state index contributed by atoms with van der Waals surface area (Å²) >= 11 is 4.73. The lowest BCUT2D eigenvalue weighted by molar-refractivity contribution is -0.140. The van der Waals surface area contributed by atoms with E-state index in [0.717, 1.165) is 16.5 Å². The van der Waals surface area contributed by atoms with Gasteiger partial charge >= 0.3 is 5.97 Å². The maximum absolute atomic E-state index is 13.8. The molecular weight excluding hydrogens is 544 g/mol. The minimum atomic E-state index is -0.739. The summed E-state index contributed by atoms with van der Waals surface area (Å²) in [7, 11) is 1.54. The van der Waals surface area contributed by atoms with Gasteiger partial charge in [0.1, 0.15) is 18.4 Å². The van der Waals surface area contributed by atoms with Gasteiger partial charge in [0.25, 0.3) is 5.56 Å². The molecule has 2 aromatic carbocycles. The summed E-state index contributed by atoms with van der Waals surface area (Å²) in [6.45, 7) is 4.67. The Hall–Kier alpha value is -3.01. The van der Waals surface area contributed by atoms with E-state index in [2.05, 4.69) is 20.9 Å². The Morgan fingerprint density at radius 1 is 1.14 bits per heavy atom. The normalized spacial score (nSPS) is 15.4. The van der Waals surface area contributed by atoms with Gasteiger partial charge in [-0.1, -0.05) is 64.5 Å². The maximum atomic E-state index is 13.8. The zero-order chi connectivity index (χ0) is 25.7. The highest BCUT2D eigenvalue weighted by molar-refractivity contribution is 9.10. The van der Waals surface area contributed by atoms with E-state index in [1.807, 2.05) is 61.5 Å². The lowest BCUT2D eigenvalue weighted by Crippen LogP contribution is -2.40. The molecule has 0 N–H and O–H groups in total. The van der Waals surface area contributed by atoms with Crippen molar-refractivity contribution < 1.29 is 19.0 Å². The summed E-state index contributed by atoms with van der Waals surface area (Å²) in [4.78, 5) is 32.2. The van der Waals surface area contributed by atoms with Crippen LogP contribution in [-0.2, 0) is 14.3 Å². The van der Waals surface area contributed by atoms with Crippen molar-refractivity contribution in [1.82, 2.24) is 4.57 Å². The summed E-state index contributed by atoms with van der Waals surface area (Å²) in [5.74, 6) is 0.0783. The average molecular weight is 571 g/mol. The molecule has 0 unspecified atom stereocenters. The van der Waals surface area contributed by atoms with Gasteiger partial charge in [-0.05, 0) is 43.2 Å². The smallest absolute Gasteiger partial charge is 0.338 e. The summed E-state index contributed by atoms with van der Waals surface area (Å²) in [5.41, 5.74) is 2.17. The molecule has 0 fully saturated rings. The van der Waals surface area contributed by atoms with Gasteiger partial charge in [0.2, 0.25) is 0 Å². The molecule has 1 atom stereocenters. The Bertz CT molecular complexity index is 1460. The van der Waals surface area contributed by atoms with Crippen LogP contribution in [0.1, 0.15) is 37.4 Å². The number of thiazole rings is 1. The Balaban J connectivity index is 1.90. The van der Waals surface area contributed by atoms with E-state index < -0.39 is 12.0 Å². The Morgan fingerprint density at radius 2 is 1.89 bits per heavy atom. The molecular formula is C27H27BrN2O5S. The number of benzene rings is 2. The van der Waals surface area contributed by atoms with Crippen LogP contribution in [0.3, 0.4) is 0 Å². The number of aromatic nitrogens is 1. The molecule has 0 bridgehead atoms. The Labute approximate surface area is 221 Å². The predicted molar refractivity (Wildman–Crippen MR) is 143 cm³/mol. The average Bonchev–Trinajstić information content (AvgIpc) is 3.17. The van der Waals surface area contributed by atoms with Crippen LogP contribution in [0, 0.1) is 0 Å². The molecule has 0 spiro atoms. The summed E-state index contributed by atoms with van der Waals surface area (Å²) in [6.07, 6.45) is 2.66. The number of fused-ring (bicyclic) bond motifs is 1. The molecule has 0 radical (unpaired) electrons. The first-order chi connectivity index (χ1) is 17.4. The topological polar surface area (TPSA) is 79.1 Å². The molecule has 9 heteroatoms. The number of hydrogen-bond donors (Lipinski definition) is 0. The fourth-order valence-corrected chi connectivity index (χ4v) is 5.24. The molecule has 7 nitrogen and oxygen atoms in total. The van der Waals surface area contributed by atoms with Crippen LogP contribution in [0.5, 0.6) is 5.75 Å². The fourth-order valence-electron chi connectivity index (χ4n) is 3.93. The van der Waals surface area contributed by atoms with Gasteiger partial charge in [-0.2, -0.15) is 0 Å². The molecule has 36 heavy (non-hydrogen) atoms. The van der Waals surface area contributed by atoms with E-state index in [4.69, 9.17) is 14.2 Å². The van der Waals surface area contributed by atoms with Crippen LogP contribution in [0.4, 0.5) is 0 Å². The van der Waals surface area contributed by atoms with Crippen LogP contribution in [0.15, 0.2) is 74.1 Å². The second-order valence-electron chi connectivity index (χ2n) is 8.15. The second kappa shape index (κ2) is 11.8. The molecule has 0 aliphatic carbocycles. The number of nitrogens with zero attached hydrogens (tertiary/aromatic N) is 2. The molecule has 0 amide bonds. The lowest BCUT2D eigenvalue weighted by atomic mass is 9.95. The number of methoxy groups -OCH3 is 1. The molecule has 188 valence electrons. The number of hydrogen-bond acceptors (Lipinski definition) is 7. The van der Waals surface area contributed by atoms with Crippen molar-refractivity contribution in [1.29, 1.82) is 0 Å². The van der Waals surface area contributed by atoms with Gasteiger partial charge in [-0.3, -0.25) is 9.36 Å². The zero-order valence-corrected chi connectivity index (χ0v) is 22.7. The maximum Gasteiger partial charge on any atom is 0.338 e. The zero-order valence-electron chi connectivity index (χ0n) is 20.3. The predicted octanol–water partition coefficient (Wildman–Crippen LogP) is 3.98. The fraction of sp³-hybridized carbons (Fsp3) is 0.296. The van der Waals surface area contributed by atoms with E-state index in [0.29, 0.717) is 38.5 Å². The summed E-state index contributed by atoms with van der Waals surface area (Å²) in [5, 5.41) is 0. The molecule has 0 saturated carbocycles. The second-order valence-corrected chi connectivity index (χ2v) is 10.1. The third-order valence-electron chi connectivity index (χ3n) is 5.61. The Kier molecular flexibility index (Phi) is 8.56. The molecule has 1 aliphatic heterocycles. The van der Waals surface area contributed by atoms with Crippen molar-refractivity contribution in [2.75, 3.05) is 26.9 Å². The minimum Gasteiger partial charge on any atom is -0.493 e. The van der Waals surface area contributed by atoms with Crippen LogP contribution < -0.4 is 19.6 Å². The molecule has 2 heterocycles. The van der Waals surface area contributed by atoms with Crippen molar-refractivity contribution in [2.45, 2.75) is 26.3 Å². The number of rotatable bonds is 9. The van der Waals surface area contributed by atoms with Crippen molar-refractivity contribution in [3.8, 4) is 5.75 Å². The SMILES string of the molecule is CCCOc1ccccc1[C@H]1C(C(=O)OCCOC)=C(C)N=c2s/c(=C/c3ccc(Br)cc3)c(=O)n21. The van der Waals surface area contributed by atoms with Gasteiger partial charge < -0.3 is 14.2 Å². The van der Waals surface area contributed by atoms with Gasteiger partial charge in [-0.25, -0.2) is 9.79 Å². The standard InChI is InChI=1S/C27H27BrN2O5S/c1-4-13-34-21-8-6-5-7-20(21)24-23(26(32)35-15-14-33-3)17(2)29-27-30(24)25(31)22(36-27)16-18-9-11-19(28)12-10-18/h5-12,16,24H,4,13-15H2,1-3H3/b22-16+/t24-/m0/s1.